The summed E-state index contributed by atoms with van der Waals surface area (Å²) in [6.45, 7) is 4.85. The molecule has 5 heteroatoms. The number of carbonyl (C=O) groups is 1. The van der Waals surface area contributed by atoms with Crippen molar-refractivity contribution in [2.75, 3.05) is 6.61 Å². The molecule has 0 bridgehead atoms. The minimum atomic E-state index is 0. The normalized spacial score (nSPS) is 10.7. The molecule has 25 heavy (non-hydrogen) atoms. The molecule has 0 aliphatic carbocycles. The summed E-state index contributed by atoms with van der Waals surface area (Å²) in [5.74, 6) is 0.772. The molecule has 0 aromatic heterocycles. The molecule has 2 aromatic rings. The second-order valence-electron chi connectivity index (χ2n) is 5.82. The van der Waals surface area contributed by atoms with Crippen LogP contribution in [0, 0.1) is 6.92 Å². The summed E-state index contributed by atoms with van der Waals surface area (Å²) in [4.78, 5) is 12.5. The summed E-state index contributed by atoms with van der Waals surface area (Å²) in [6.07, 6.45) is 4.71. The molecule has 0 saturated carbocycles. The van der Waals surface area contributed by atoms with E-state index in [4.69, 9.17) is 16.3 Å². The van der Waals surface area contributed by atoms with Gasteiger partial charge in [0.1, 0.15) is 5.75 Å². The van der Waals surface area contributed by atoms with Crippen LogP contribution in [-0.4, -0.2) is 31.0 Å². The van der Waals surface area contributed by atoms with Crippen molar-refractivity contribution in [3.8, 4) is 5.75 Å². The summed E-state index contributed by atoms with van der Waals surface area (Å²) in [6, 6.07) is 13.3. The van der Waals surface area contributed by atoms with Crippen LogP contribution in [0.2, 0.25) is 5.02 Å². The molecule has 2 aromatic carbocycles. The number of unbranched alkanes of at least 4 members (excludes halogenated alkanes) is 3. The van der Waals surface area contributed by atoms with Crippen LogP contribution in [-0.2, 0) is 0 Å². The average molecular weight is 371 g/mol. The fourth-order valence-electron chi connectivity index (χ4n) is 2.42. The molecule has 0 aliphatic rings. The van der Waals surface area contributed by atoms with E-state index in [1.54, 1.807) is 0 Å². The number of hydrogen-bond acceptors (Lipinski definition) is 2. The van der Waals surface area contributed by atoms with Gasteiger partial charge in [-0.2, -0.15) is 0 Å². The molecule has 1 unspecified atom stereocenters. The van der Waals surface area contributed by atoms with Gasteiger partial charge < -0.3 is 4.74 Å². The monoisotopic (exact) mass is 370 g/mol. The fourth-order valence-corrected chi connectivity index (χ4v) is 3.75. The number of carbonyl (C=O) groups excluding carboxylic acids is 1. The quantitative estimate of drug-likeness (QED) is 0.348. The molecule has 2 rings (SSSR count). The van der Waals surface area contributed by atoms with E-state index in [1.807, 2.05) is 49.4 Å². The molecule has 130 valence electrons. The Morgan fingerprint density at radius 3 is 2.56 bits per heavy atom. The molecule has 2 nitrogen and oxygen atoms in total. The van der Waals surface area contributed by atoms with Crippen LogP contribution in [0.25, 0.3) is 0 Å². The van der Waals surface area contributed by atoms with Crippen molar-refractivity contribution in [3.63, 3.8) is 0 Å². The molecular formula is C20H25ClLiO2P. The SMILES string of the molecule is CCCCCCOc1ccc(PC(=O)c2ccccc2C)c(Cl)c1.[LiH]. The molecule has 0 N–H and O–H groups in total. The molecule has 0 spiro atoms. The van der Waals surface area contributed by atoms with Gasteiger partial charge in [-0.25, -0.2) is 0 Å². The third-order valence-corrected chi connectivity index (χ3v) is 5.52. The van der Waals surface area contributed by atoms with Gasteiger partial charge in [0.15, 0.2) is 5.52 Å². The fraction of sp³-hybridized carbons (Fsp3) is 0.350. The van der Waals surface area contributed by atoms with Crippen LogP contribution in [0.15, 0.2) is 42.5 Å². The van der Waals surface area contributed by atoms with E-state index in [1.165, 1.54) is 19.3 Å². The van der Waals surface area contributed by atoms with Gasteiger partial charge >= 0.3 is 18.9 Å². The molecule has 0 amide bonds. The Bertz CT molecular complexity index is 691. The van der Waals surface area contributed by atoms with Gasteiger partial charge in [-0.3, -0.25) is 4.79 Å². The zero-order valence-electron chi connectivity index (χ0n) is 14.3. The van der Waals surface area contributed by atoms with Crippen LogP contribution in [0.4, 0.5) is 0 Å². The van der Waals surface area contributed by atoms with Gasteiger partial charge in [0.25, 0.3) is 0 Å². The molecule has 0 heterocycles. The van der Waals surface area contributed by atoms with Crippen molar-refractivity contribution in [3.05, 3.63) is 58.6 Å². The van der Waals surface area contributed by atoms with E-state index in [0.29, 0.717) is 11.6 Å². The molecule has 0 aliphatic heterocycles. The van der Waals surface area contributed by atoms with Crippen molar-refractivity contribution in [2.24, 2.45) is 0 Å². The zero-order chi connectivity index (χ0) is 17.4. The van der Waals surface area contributed by atoms with Crippen molar-refractivity contribution in [1.29, 1.82) is 0 Å². The number of halogens is 1. The molecule has 0 saturated heterocycles. The van der Waals surface area contributed by atoms with Crippen LogP contribution in [0.3, 0.4) is 0 Å². The van der Waals surface area contributed by atoms with Crippen molar-refractivity contribution in [2.45, 2.75) is 39.5 Å². The standard InChI is InChI=1S/C20H24ClO2P.Li.H/c1-3-4-5-8-13-23-16-11-12-19(18(21)14-16)24-20(22)17-10-7-6-9-15(17)2;;/h6-7,9-12,14,24H,3-5,8,13H2,1-2H3;;. The summed E-state index contributed by atoms with van der Waals surface area (Å²) in [5, 5.41) is 1.46. The number of benzene rings is 2. The van der Waals surface area contributed by atoms with Gasteiger partial charge in [0, 0.05) is 5.56 Å². The number of ether oxygens (including phenoxy) is 1. The first-order chi connectivity index (χ1) is 11.6. The first-order valence-electron chi connectivity index (χ1n) is 8.41. The van der Waals surface area contributed by atoms with Gasteiger partial charge in [0.2, 0.25) is 0 Å². The topological polar surface area (TPSA) is 26.3 Å². The summed E-state index contributed by atoms with van der Waals surface area (Å²) in [5.41, 5.74) is 1.88. The van der Waals surface area contributed by atoms with Gasteiger partial charge in [-0.1, -0.05) is 62.1 Å². The Morgan fingerprint density at radius 1 is 1.12 bits per heavy atom. The number of aryl methyl sites for hydroxylation is 1. The molecule has 0 radical (unpaired) electrons. The van der Waals surface area contributed by atoms with Crippen LogP contribution in [0.1, 0.15) is 48.5 Å². The van der Waals surface area contributed by atoms with Crippen LogP contribution >= 0.6 is 20.2 Å². The third-order valence-electron chi connectivity index (χ3n) is 3.85. The predicted octanol–water partition coefficient (Wildman–Crippen LogP) is 5.10. The van der Waals surface area contributed by atoms with Crippen LogP contribution in [0.5, 0.6) is 5.75 Å². The second kappa shape index (κ2) is 11.8. The summed E-state index contributed by atoms with van der Waals surface area (Å²) < 4.78 is 5.73. The Balaban J connectivity index is 0.00000312. The van der Waals surface area contributed by atoms with E-state index >= 15 is 0 Å². The first-order valence-corrected chi connectivity index (χ1v) is 9.79. The minimum absolute atomic E-state index is 0. The van der Waals surface area contributed by atoms with Gasteiger partial charge in [-0.15, -0.1) is 0 Å². The Kier molecular flexibility index (Phi) is 10.5. The van der Waals surface area contributed by atoms with Crippen molar-refractivity contribution >= 4 is 49.9 Å². The van der Waals surface area contributed by atoms with E-state index in [-0.39, 0.29) is 33.0 Å². The van der Waals surface area contributed by atoms with E-state index in [2.05, 4.69) is 6.92 Å². The van der Waals surface area contributed by atoms with E-state index < -0.39 is 0 Å². The number of rotatable bonds is 9. The molecular weight excluding hydrogens is 346 g/mol. The average Bonchev–Trinajstić information content (AvgIpc) is 2.57. The Hall–Kier alpha value is -0.773. The van der Waals surface area contributed by atoms with Gasteiger partial charge in [-0.05, 0) is 51.0 Å². The summed E-state index contributed by atoms with van der Waals surface area (Å²) in [7, 11) is 0.0231. The maximum absolute atomic E-state index is 12.5. The third kappa shape index (κ3) is 7.16. The maximum atomic E-state index is 12.5. The van der Waals surface area contributed by atoms with E-state index in [0.717, 1.165) is 28.6 Å². The Labute approximate surface area is 169 Å². The predicted molar refractivity (Wildman–Crippen MR) is 112 cm³/mol. The van der Waals surface area contributed by atoms with Crippen molar-refractivity contribution in [1.82, 2.24) is 0 Å². The van der Waals surface area contributed by atoms with Gasteiger partial charge in [0.05, 0.1) is 11.6 Å². The zero-order valence-corrected chi connectivity index (χ0v) is 16.0. The van der Waals surface area contributed by atoms with E-state index in [9.17, 15) is 4.79 Å². The molecule has 1 atom stereocenters. The second-order valence-corrected chi connectivity index (χ2v) is 7.47. The summed E-state index contributed by atoms with van der Waals surface area (Å²) >= 11 is 6.34. The molecule has 0 fully saturated rings. The Morgan fingerprint density at radius 2 is 1.88 bits per heavy atom. The first kappa shape index (κ1) is 22.3. The number of hydrogen-bond donors (Lipinski definition) is 0. The van der Waals surface area contributed by atoms with Crippen LogP contribution < -0.4 is 10.0 Å². The van der Waals surface area contributed by atoms with Crippen molar-refractivity contribution < 1.29 is 9.53 Å².